The first kappa shape index (κ1) is 25.8. The molecule has 0 radical (unpaired) electrons. The molecule has 4 nitrogen and oxygen atoms in total. The zero-order valence-electron chi connectivity index (χ0n) is 25.5. The number of nitrogens with zero attached hydrogens (tertiary/aromatic N) is 2. The molecule has 8 aromatic rings. The van der Waals surface area contributed by atoms with Gasteiger partial charge in [-0.3, -0.25) is 0 Å². The fraction of sp³-hybridized carbons (Fsp3) is 0.205. The molecule has 0 bridgehead atoms. The summed E-state index contributed by atoms with van der Waals surface area (Å²) in [6, 6.07) is 32.3. The fourth-order valence-corrected chi connectivity index (χ4v) is 7.17. The Bertz CT molecular complexity index is 2380. The van der Waals surface area contributed by atoms with E-state index < -0.39 is 0 Å². The molecule has 0 unspecified atom stereocenters. The number of imidazole rings is 1. The van der Waals surface area contributed by atoms with E-state index >= 15 is 0 Å². The lowest BCUT2D eigenvalue weighted by molar-refractivity contribution is -0.633. The highest BCUT2D eigenvalue weighted by molar-refractivity contribution is 6.11. The summed E-state index contributed by atoms with van der Waals surface area (Å²) in [5.74, 6) is 1.63. The minimum absolute atomic E-state index is 0.250. The van der Waals surface area contributed by atoms with E-state index in [0.717, 1.165) is 49.9 Å². The molecule has 0 amide bonds. The number of aryl methyl sites for hydroxylation is 2. The van der Waals surface area contributed by atoms with Crippen LogP contribution in [0.4, 0.5) is 0 Å². The molecule has 3 aromatic heterocycles. The van der Waals surface area contributed by atoms with Crippen LogP contribution in [0.15, 0.2) is 99.8 Å². The Morgan fingerprint density at radius 2 is 1.35 bits per heavy atom. The van der Waals surface area contributed by atoms with Crippen LogP contribution in [0.25, 0.3) is 72.0 Å². The molecular formula is C39H35N2O2+. The topological polar surface area (TPSA) is 35.1 Å². The van der Waals surface area contributed by atoms with E-state index in [-0.39, 0.29) is 11.8 Å². The Hall–Kier alpha value is -4.83. The summed E-state index contributed by atoms with van der Waals surface area (Å²) >= 11 is 0. The van der Waals surface area contributed by atoms with Crippen LogP contribution in [0, 0.1) is 6.92 Å². The maximum absolute atomic E-state index is 6.69. The molecule has 5 aromatic carbocycles. The third-order valence-corrected chi connectivity index (χ3v) is 9.12. The predicted octanol–water partition coefficient (Wildman–Crippen LogP) is 10.5. The first-order chi connectivity index (χ1) is 20.8. The van der Waals surface area contributed by atoms with Crippen molar-refractivity contribution in [3.05, 3.63) is 108 Å². The van der Waals surface area contributed by atoms with E-state index in [9.17, 15) is 0 Å². The number of furan rings is 2. The van der Waals surface area contributed by atoms with Gasteiger partial charge < -0.3 is 8.83 Å². The second kappa shape index (κ2) is 9.34. The summed E-state index contributed by atoms with van der Waals surface area (Å²) in [7, 11) is 2.19. The van der Waals surface area contributed by atoms with Gasteiger partial charge in [-0.2, -0.15) is 4.57 Å². The van der Waals surface area contributed by atoms with Gasteiger partial charge in [-0.05, 0) is 54.7 Å². The summed E-state index contributed by atoms with van der Waals surface area (Å²) in [5.41, 5.74) is 12.2. The average Bonchev–Trinajstić information content (AvgIpc) is 3.65. The minimum atomic E-state index is 0.250. The second-order valence-corrected chi connectivity index (χ2v) is 12.4. The van der Waals surface area contributed by atoms with Crippen LogP contribution in [0.5, 0.6) is 0 Å². The minimum Gasteiger partial charge on any atom is -0.456 e. The zero-order valence-corrected chi connectivity index (χ0v) is 25.5. The largest absolute Gasteiger partial charge is 0.456 e. The molecule has 0 N–H and O–H groups in total. The van der Waals surface area contributed by atoms with Crippen molar-refractivity contribution in [1.29, 1.82) is 0 Å². The summed E-state index contributed by atoms with van der Waals surface area (Å²) in [6.07, 6.45) is 0. The number of fused-ring (bicyclic) bond motifs is 7. The Morgan fingerprint density at radius 3 is 2.09 bits per heavy atom. The molecule has 0 spiro atoms. The number of benzene rings is 5. The number of hydrogen-bond donors (Lipinski definition) is 0. The highest BCUT2D eigenvalue weighted by Crippen LogP contribution is 2.45. The zero-order chi connectivity index (χ0) is 29.6. The van der Waals surface area contributed by atoms with Gasteiger partial charge in [0.25, 0.3) is 5.82 Å². The molecule has 3 heterocycles. The Morgan fingerprint density at radius 1 is 0.674 bits per heavy atom. The van der Waals surface area contributed by atoms with Gasteiger partial charge in [-0.1, -0.05) is 88.4 Å². The van der Waals surface area contributed by atoms with Gasteiger partial charge in [0.1, 0.15) is 28.0 Å². The van der Waals surface area contributed by atoms with E-state index in [2.05, 4.69) is 136 Å². The smallest absolute Gasteiger partial charge is 0.299 e. The quantitative estimate of drug-likeness (QED) is 0.200. The van der Waals surface area contributed by atoms with Crippen LogP contribution in [0.2, 0.25) is 0 Å². The normalized spacial score (nSPS) is 12.4. The van der Waals surface area contributed by atoms with Crippen LogP contribution < -0.4 is 4.57 Å². The molecule has 212 valence electrons. The number of aromatic nitrogens is 2. The van der Waals surface area contributed by atoms with E-state index in [4.69, 9.17) is 8.83 Å². The van der Waals surface area contributed by atoms with E-state index in [1.54, 1.807) is 0 Å². The van der Waals surface area contributed by atoms with Crippen LogP contribution in [0.1, 0.15) is 56.2 Å². The van der Waals surface area contributed by atoms with Crippen molar-refractivity contribution in [2.24, 2.45) is 7.05 Å². The van der Waals surface area contributed by atoms with Crippen molar-refractivity contribution in [3.8, 4) is 17.1 Å². The van der Waals surface area contributed by atoms with Crippen molar-refractivity contribution in [2.75, 3.05) is 0 Å². The lowest BCUT2D eigenvalue weighted by atomic mass is 9.88. The summed E-state index contributed by atoms with van der Waals surface area (Å²) in [6.45, 7) is 11.4. The molecule has 0 saturated heterocycles. The summed E-state index contributed by atoms with van der Waals surface area (Å²) in [4.78, 5) is 0. The van der Waals surface area contributed by atoms with Gasteiger partial charge in [0.2, 0.25) is 0 Å². The van der Waals surface area contributed by atoms with Crippen molar-refractivity contribution < 1.29 is 13.4 Å². The molecule has 4 heteroatoms. The highest BCUT2D eigenvalue weighted by atomic mass is 16.3. The molecule has 43 heavy (non-hydrogen) atoms. The number of hydrogen-bond acceptors (Lipinski definition) is 2. The maximum atomic E-state index is 6.69. The molecule has 0 aliphatic heterocycles. The first-order valence-electron chi connectivity index (χ1n) is 15.2. The van der Waals surface area contributed by atoms with Gasteiger partial charge >= 0.3 is 0 Å². The SMILES string of the molecule is Cc1ccc2c(oc3ccccc32)c1-c1n(-c2c(C(C)C)cc3oc4ccccc4c3c2C(C)C)c2ccccc2[n+]1C. The number of para-hydroxylation sites is 4. The maximum Gasteiger partial charge on any atom is 0.299 e. The highest BCUT2D eigenvalue weighted by Gasteiger charge is 2.35. The monoisotopic (exact) mass is 563 g/mol. The molecule has 0 fully saturated rings. The molecule has 0 aliphatic rings. The van der Waals surface area contributed by atoms with Crippen molar-refractivity contribution in [2.45, 2.75) is 46.5 Å². The third kappa shape index (κ3) is 3.59. The van der Waals surface area contributed by atoms with Gasteiger partial charge in [-0.15, -0.1) is 0 Å². The average molecular weight is 564 g/mol. The van der Waals surface area contributed by atoms with Gasteiger partial charge in [0.15, 0.2) is 16.6 Å². The molecule has 0 atom stereocenters. The lowest BCUT2D eigenvalue weighted by Crippen LogP contribution is -2.30. The molecule has 0 aliphatic carbocycles. The fourth-order valence-electron chi connectivity index (χ4n) is 7.17. The van der Waals surface area contributed by atoms with Crippen LogP contribution in [-0.2, 0) is 7.05 Å². The van der Waals surface area contributed by atoms with Crippen LogP contribution in [0.3, 0.4) is 0 Å². The third-order valence-electron chi connectivity index (χ3n) is 9.12. The Kier molecular flexibility index (Phi) is 5.61. The van der Waals surface area contributed by atoms with E-state index in [1.165, 1.54) is 38.8 Å². The standard InChI is InChI=1S/C39H35N2O2/c1-22(2)28-21-33-36(27-14-8-12-18-32(27)42-33)34(23(3)4)37(28)41-30-16-10-9-15-29(30)40(6)39(41)35-24(5)19-20-26-25-13-7-11-17-31(25)43-38(26)35/h7-23H,1-6H3/q+1. The van der Waals surface area contributed by atoms with Crippen LogP contribution in [-0.4, -0.2) is 4.57 Å². The van der Waals surface area contributed by atoms with Gasteiger partial charge in [-0.25, -0.2) is 4.57 Å². The van der Waals surface area contributed by atoms with Crippen LogP contribution >= 0.6 is 0 Å². The number of rotatable bonds is 4. The molecule has 0 saturated carbocycles. The Balaban J connectivity index is 1.62. The van der Waals surface area contributed by atoms with E-state index in [1.807, 2.05) is 6.07 Å². The second-order valence-electron chi connectivity index (χ2n) is 12.4. The first-order valence-corrected chi connectivity index (χ1v) is 15.2. The van der Waals surface area contributed by atoms with Gasteiger partial charge in [0, 0.05) is 32.7 Å². The summed E-state index contributed by atoms with van der Waals surface area (Å²) in [5, 5.41) is 4.64. The lowest BCUT2D eigenvalue weighted by Gasteiger charge is -2.20. The van der Waals surface area contributed by atoms with Crippen molar-refractivity contribution in [3.63, 3.8) is 0 Å². The van der Waals surface area contributed by atoms with Crippen molar-refractivity contribution >= 4 is 54.9 Å². The Labute approximate surface area is 250 Å². The predicted molar refractivity (Wildman–Crippen MR) is 177 cm³/mol. The molecule has 8 rings (SSSR count). The van der Waals surface area contributed by atoms with Gasteiger partial charge in [0.05, 0.1) is 7.05 Å². The van der Waals surface area contributed by atoms with E-state index in [0.29, 0.717) is 0 Å². The molecular weight excluding hydrogens is 528 g/mol. The van der Waals surface area contributed by atoms with Crippen molar-refractivity contribution in [1.82, 2.24) is 4.57 Å². The summed E-state index contributed by atoms with van der Waals surface area (Å²) < 4.78 is 18.1.